The highest BCUT2D eigenvalue weighted by atomic mass is 16.2. The zero-order valence-corrected chi connectivity index (χ0v) is 14.4. The Balaban J connectivity index is 1.57. The SMILES string of the molecule is Cc1ccc(N2C[C@@H](NC(=O)Nc3ccc(C(N)=O)cc3)CC2=O)cc1. The Morgan fingerprint density at radius 3 is 2.35 bits per heavy atom. The van der Waals surface area contributed by atoms with E-state index < -0.39 is 11.9 Å². The molecule has 1 saturated heterocycles. The van der Waals surface area contributed by atoms with Gasteiger partial charge in [0, 0.05) is 29.9 Å². The maximum absolute atomic E-state index is 12.2. The molecule has 1 atom stereocenters. The predicted molar refractivity (Wildman–Crippen MR) is 99.1 cm³/mol. The number of benzene rings is 2. The summed E-state index contributed by atoms with van der Waals surface area (Å²) in [6.45, 7) is 2.41. The Bertz CT molecular complexity index is 831. The molecule has 0 aromatic heterocycles. The largest absolute Gasteiger partial charge is 0.366 e. The van der Waals surface area contributed by atoms with Gasteiger partial charge in [0.2, 0.25) is 11.8 Å². The summed E-state index contributed by atoms with van der Waals surface area (Å²) in [5, 5.41) is 5.48. The van der Waals surface area contributed by atoms with Crippen molar-refractivity contribution in [2.45, 2.75) is 19.4 Å². The van der Waals surface area contributed by atoms with E-state index >= 15 is 0 Å². The van der Waals surface area contributed by atoms with Crippen LogP contribution in [0.5, 0.6) is 0 Å². The van der Waals surface area contributed by atoms with Crippen molar-refractivity contribution in [3.63, 3.8) is 0 Å². The average Bonchev–Trinajstić information content (AvgIpc) is 2.96. The molecule has 0 aliphatic carbocycles. The molecule has 4 amide bonds. The standard InChI is InChI=1S/C19H20N4O3/c1-12-2-8-16(9-3-12)23-11-15(10-17(23)24)22-19(26)21-14-6-4-13(5-7-14)18(20)25/h2-9,15H,10-11H2,1H3,(H2,20,25)(H2,21,22,26)/t15-/m0/s1. The van der Waals surface area contributed by atoms with Crippen LogP contribution in [0.4, 0.5) is 16.2 Å². The fourth-order valence-corrected chi connectivity index (χ4v) is 2.85. The molecule has 1 aliphatic heterocycles. The second kappa shape index (κ2) is 7.26. The number of carbonyl (C=O) groups is 3. The van der Waals surface area contributed by atoms with Crippen molar-refractivity contribution in [3.05, 3.63) is 59.7 Å². The van der Waals surface area contributed by atoms with Crippen LogP contribution in [0, 0.1) is 6.92 Å². The van der Waals surface area contributed by atoms with Crippen LogP contribution in [0.3, 0.4) is 0 Å². The number of hydrogen-bond donors (Lipinski definition) is 3. The lowest BCUT2D eigenvalue weighted by Gasteiger charge is -2.17. The molecular weight excluding hydrogens is 332 g/mol. The number of hydrogen-bond acceptors (Lipinski definition) is 3. The van der Waals surface area contributed by atoms with Gasteiger partial charge in [-0.3, -0.25) is 9.59 Å². The lowest BCUT2D eigenvalue weighted by Crippen LogP contribution is -2.39. The van der Waals surface area contributed by atoms with Crippen LogP contribution in [0.2, 0.25) is 0 Å². The van der Waals surface area contributed by atoms with Crippen LogP contribution in [-0.4, -0.2) is 30.4 Å². The Hall–Kier alpha value is -3.35. The number of primary amides is 1. The number of nitrogens with two attached hydrogens (primary N) is 1. The fourth-order valence-electron chi connectivity index (χ4n) is 2.85. The highest BCUT2D eigenvalue weighted by Crippen LogP contribution is 2.22. The highest BCUT2D eigenvalue weighted by Gasteiger charge is 2.31. The van der Waals surface area contributed by atoms with E-state index in [0.717, 1.165) is 11.3 Å². The first-order valence-electron chi connectivity index (χ1n) is 8.27. The van der Waals surface area contributed by atoms with Crippen LogP contribution in [0.1, 0.15) is 22.3 Å². The van der Waals surface area contributed by atoms with Gasteiger partial charge in [-0.25, -0.2) is 4.79 Å². The second-order valence-corrected chi connectivity index (χ2v) is 6.28. The molecule has 0 bridgehead atoms. The van der Waals surface area contributed by atoms with Crippen molar-refractivity contribution in [3.8, 4) is 0 Å². The van der Waals surface area contributed by atoms with Crippen LogP contribution in [0.25, 0.3) is 0 Å². The van der Waals surface area contributed by atoms with Gasteiger partial charge in [0.15, 0.2) is 0 Å². The summed E-state index contributed by atoms with van der Waals surface area (Å²) >= 11 is 0. The van der Waals surface area contributed by atoms with Gasteiger partial charge < -0.3 is 21.3 Å². The van der Waals surface area contributed by atoms with Gasteiger partial charge >= 0.3 is 6.03 Å². The summed E-state index contributed by atoms with van der Waals surface area (Å²) in [7, 11) is 0. The number of rotatable bonds is 4. The molecule has 0 spiro atoms. The zero-order chi connectivity index (χ0) is 18.7. The summed E-state index contributed by atoms with van der Waals surface area (Å²) in [4.78, 5) is 37.1. The third kappa shape index (κ3) is 4.00. The number of amides is 4. The van der Waals surface area contributed by atoms with E-state index in [1.54, 1.807) is 17.0 Å². The molecule has 7 nitrogen and oxygen atoms in total. The molecule has 134 valence electrons. The third-order valence-corrected chi connectivity index (χ3v) is 4.23. The summed E-state index contributed by atoms with van der Waals surface area (Å²) in [6.07, 6.45) is 0.252. The maximum atomic E-state index is 12.2. The highest BCUT2D eigenvalue weighted by molar-refractivity contribution is 5.98. The number of carbonyl (C=O) groups excluding carboxylic acids is 3. The Morgan fingerprint density at radius 2 is 1.73 bits per heavy atom. The third-order valence-electron chi connectivity index (χ3n) is 4.23. The van der Waals surface area contributed by atoms with Crippen LogP contribution in [0.15, 0.2) is 48.5 Å². The van der Waals surface area contributed by atoms with Crippen LogP contribution < -0.4 is 21.3 Å². The van der Waals surface area contributed by atoms with Crippen molar-refractivity contribution in [1.29, 1.82) is 0 Å². The lowest BCUT2D eigenvalue weighted by atomic mass is 10.2. The Morgan fingerprint density at radius 1 is 1.08 bits per heavy atom. The molecule has 1 heterocycles. The molecule has 0 saturated carbocycles. The minimum Gasteiger partial charge on any atom is -0.366 e. The van der Waals surface area contributed by atoms with Gasteiger partial charge in [-0.2, -0.15) is 0 Å². The zero-order valence-electron chi connectivity index (χ0n) is 14.4. The van der Waals surface area contributed by atoms with Gasteiger partial charge in [-0.1, -0.05) is 17.7 Å². The summed E-state index contributed by atoms with van der Waals surface area (Å²) in [5.41, 5.74) is 8.03. The Kier molecular flexibility index (Phi) is 4.88. The predicted octanol–water partition coefficient (Wildman–Crippen LogP) is 2.02. The molecule has 1 fully saturated rings. The number of urea groups is 1. The van der Waals surface area contributed by atoms with E-state index in [0.29, 0.717) is 17.8 Å². The molecule has 0 unspecified atom stereocenters. The number of nitrogens with one attached hydrogen (secondary N) is 2. The quantitative estimate of drug-likeness (QED) is 0.784. The van der Waals surface area contributed by atoms with Crippen molar-refractivity contribution >= 4 is 29.2 Å². The van der Waals surface area contributed by atoms with E-state index in [1.165, 1.54) is 12.1 Å². The summed E-state index contributed by atoms with van der Waals surface area (Å²) in [6, 6.07) is 13.3. The second-order valence-electron chi connectivity index (χ2n) is 6.28. The smallest absolute Gasteiger partial charge is 0.319 e. The fraction of sp³-hybridized carbons (Fsp3) is 0.211. The van der Waals surface area contributed by atoms with Crippen molar-refractivity contribution < 1.29 is 14.4 Å². The first kappa shape index (κ1) is 17.5. The normalized spacial score (nSPS) is 16.4. The minimum atomic E-state index is -0.526. The van der Waals surface area contributed by atoms with Gasteiger partial charge in [0.1, 0.15) is 0 Å². The first-order chi connectivity index (χ1) is 12.4. The first-order valence-corrected chi connectivity index (χ1v) is 8.27. The molecule has 0 radical (unpaired) electrons. The number of aryl methyl sites for hydroxylation is 1. The van der Waals surface area contributed by atoms with E-state index in [9.17, 15) is 14.4 Å². The van der Waals surface area contributed by atoms with E-state index in [4.69, 9.17) is 5.73 Å². The average molecular weight is 352 g/mol. The van der Waals surface area contributed by atoms with Gasteiger partial charge in [-0.05, 0) is 43.3 Å². The van der Waals surface area contributed by atoms with Gasteiger partial charge in [-0.15, -0.1) is 0 Å². The van der Waals surface area contributed by atoms with Crippen molar-refractivity contribution in [1.82, 2.24) is 5.32 Å². The topological polar surface area (TPSA) is 105 Å². The number of nitrogens with zero attached hydrogens (tertiary/aromatic N) is 1. The molecule has 26 heavy (non-hydrogen) atoms. The molecule has 4 N–H and O–H groups in total. The maximum Gasteiger partial charge on any atom is 0.319 e. The van der Waals surface area contributed by atoms with Crippen LogP contribution in [-0.2, 0) is 4.79 Å². The van der Waals surface area contributed by atoms with Crippen LogP contribution >= 0.6 is 0 Å². The number of anilines is 2. The van der Waals surface area contributed by atoms with Gasteiger partial charge in [0.05, 0.1) is 6.04 Å². The molecule has 2 aromatic carbocycles. The van der Waals surface area contributed by atoms with E-state index in [1.807, 2.05) is 31.2 Å². The van der Waals surface area contributed by atoms with Gasteiger partial charge in [0.25, 0.3) is 0 Å². The van der Waals surface area contributed by atoms with Crippen molar-refractivity contribution in [2.24, 2.45) is 5.73 Å². The lowest BCUT2D eigenvalue weighted by molar-refractivity contribution is -0.117. The summed E-state index contributed by atoms with van der Waals surface area (Å²) < 4.78 is 0. The Labute approximate surface area is 151 Å². The molecule has 1 aliphatic rings. The van der Waals surface area contributed by atoms with E-state index in [2.05, 4.69) is 10.6 Å². The molecule has 7 heteroatoms. The molecule has 2 aromatic rings. The molecule has 3 rings (SSSR count). The monoisotopic (exact) mass is 352 g/mol. The molecular formula is C19H20N4O3. The van der Waals surface area contributed by atoms with Crippen molar-refractivity contribution in [2.75, 3.05) is 16.8 Å². The van der Waals surface area contributed by atoms with E-state index in [-0.39, 0.29) is 18.4 Å². The summed E-state index contributed by atoms with van der Waals surface area (Å²) in [5.74, 6) is -0.549. The minimum absolute atomic E-state index is 0.0232.